The number of amides is 1. The third kappa shape index (κ3) is 3.18. The van der Waals surface area contributed by atoms with Gasteiger partial charge in [-0.3, -0.25) is 14.9 Å². The summed E-state index contributed by atoms with van der Waals surface area (Å²) >= 11 is 0. The molecule has 2 fully saturated rings. The molecule has 1 saturated carbocycles. The molecular formula is C23H24FN5O. The van der Waals surface area contributed by atoms with Crippen molar-refractivity contribution < 1.29 is 9.18 Å². The molecule has 1 atom stereocenters. The van der Waals surface area contributed by atoms with Crippen LogP contribution in [-0.2, 0) is 10.2 Å². The first-order valence-corrected chi connectivity index (χ1v) is 10.6. The van der Waals surface area contributed by atoms with Gasteiger partial charge in [0.1, 0.15) is 11.6 Å². The van der Waals surface area contributed by atoms with Gasteiger partial charge in [0, 0.05) is 24.5 Å². The maximum atomic E-state index is 13.9. The molecule has 2 aromatic heterocycles. The van der Waals surface area contributed by atoms with Crippen LogP contribution in [0.15, 0.2) is 48.8 Å². The second-order valence-corrected chi connectivity index (χ2v) is 8.23. The Morgan fingerprint density at radius 1 is 1.07 bits per heavy atom. The predicted molar refractivity (Wildman–Crippen MR) is 110 cm³/mol. The molecular weight excluding hydrogens is 381 g/mol. The molecule has 1 aliphatic carbocycles. The second-order valence-electron chi connectivity index (χ2n) is 8.23. The van der Waals surface area contributed by atoms with Crippen molar-refractivity contribution in [3.63, 3.8) is 0 Å². The zero-order valence-corrected chi connectivity index (χ0v) is 16.7. The lowest BCUT2D eigenvalue weighted by molar-refractivity contribution is -0.138. The van der Waals surface area contributed by atoms with Gasteiger partial charge in [-0.05, 0) is 55.5 Å². The SMILES string of the molecule is O=C(N1CCCC1c1nc(-c2ccncc2)n[nH]1)C1(c2ccc(F)cc2)CCCC1. The molecule has 5 rings (SSSR count). The fraction of sp³-hybridized carbons (Fsp3) is 0.391. The molecule has 0 bridgehead atoms. The van der Waals surface area contributed by atoms with Crippen LogP contribution in [0.25, 0.3) is 11.4 Å². The molecule has 3 heterocycles. The van der Waals surface area contributed by atoms with Crippen LogP contribution in [0, 0.1) is 5.82 Å². The predicted octanol–water partition coefficient (Wildman–Crippen LogP) is 4.18. The van der Waals surface area contributed by atoms with Crippen molar-refractivity contribution in [1.29, 1.82) is 0 Å². The summed E-state index contributed by atoms with van der Waals surface area (Å²) in [6.07, 6.45) is 8.84. The zero-order chi connectivity index (χ0) is 20.6. The first-order valence-electron chi connectivity index (χ1n) is 10.6. The number of carbonyl (C=O) groups is 1. The van der Waals surface area contributed by atoms with Crippen molar-refractivity contribution in [3.8, 4) is 11.4 Å². The van der Waals surface area contributed by atoms with E-state index in [0.29, 0.717) is 12.4 Å². The van der Waals surface area contributed by atoms with Crippen molar-refractivity contribution in [2.45, 2.75) is 50.0 Å². The van der Waals surface area contributed by atoms with Gasteiger partial charge in [0.15, 0.2) is 5.82 Å². The second kappa shape index (κ2) is 7.63. The molecule has 0 spiro atoms. The van der Waals surface area contributed by atoms with Crippen LogP contribution in [0.2, 0.25) is 0 Å². The van der Waals surface area contributed by atoms with E-state index in [1.165, 1.54) is 12.1 Å². The average Bonchev–Trinajstić information content (AvgIpc) is 3.55. The third-order valence-electron chi connectivity index (χ3n) is 6.53. The molecule has 1 N–H and O–H groups in total. The van der Waals surface area contributed by atoms with Gasteiger partial charge in [0.2, 0.25) is 5.91 Å². The molecule has 3 aromatic rings. The highest BCUT2D eigenvalue weighted by Gasteiger charge is 2.48. The fourth-order valence-corrected chi connectivity index (χ4v) is 5.00. The lowest BCUT2D eigenvalue weighted by atomic mass is 9.77. The quantitative estimate of drug-likeness (QED) is 0.707. The molecule has 1 aliphatic heterocycles. The van der Waals surface area contributed by atoms with Gasteiger partial charge < -0.3 is 4.90 Å². The van der Waals surface area contributed by atoms with Gasteiger partial charge >= 0.3 is 0 Å². The number of benzene rings is 1. The number of hydrogen-bond acceptors (Lipinski definition) is 4. The number of aromatic nitrogens is 4. The number of hydrogen-bond donors (Lipinski definition) is 1. The number of likely N-dealkylation sites (tertiary alicyclic amines) is 1. The summed E-state index contributed by atoms with van der Waals surface area (Å²) in [6.45, 7) is 0.706. The molecule has 6 nitrogen and oxygen atoms in total. The molecule has 1 aromatic carbocycles. The summed E-state index contributed by atoms with van der Waals surface area (Å²) in [5.41, 5.74) is 1.25. The first kappa shape index (κ1) is 18.9. The maximum Gasteiger partial charge on any atom is 0.233 e. The van der Waals surface area contributed by atoms with Gasteiger partial charge in [0.25, 0.3) is 0 Å². The van der Waals surface area contributed by atoms with Gasteiger partial charge in [-0.2, -0.15) is 5.10 Å². The number of H-pyrrole nitrogens is 1. The van der Waals surface area contributed by atoms with Gasteiger partial charge in [-0.15, -0.1) is 0 Å². The molecule has 1 unspecified atom stereocenters. The smallest absolute Gasteiger partial charge is 0.233 e. The Morgan fingerprint density at radius 2 is 1.80 bits per heavy atom. The topological polar surface area (TPSA) is 74.8 Å². The number of nitrogens with zero attached hydrogens (tertiary/aromatic N) is 4. The van der Waals surface area contributed by atoms with E-state index in [2.05, 4.69) is 15.2 Å². The van der Waals surface area contributed by atoms with Crippen molar-refractivity contribution in [2.75, 3.05) is 6.54 Å². The lowest BCUT2D eigenvalue weighted by Gasteiger charge is -2.35. The van der Waals surface area contributed by atoms with E-state index in [1.54, 1.807) is 24.5 Å². The Balaban J connectivity index is 1.45. The number of carbonyl (C=O) groups excluding carboxylic acids is 1. The van der Waals surface area contributed by atoms with E-state index in [1.807, 2.05) is 17.0 Å². The fourth-order valence-electron chi connectivity index (χ4n) is 5.00. The monoisotopic (exact) mass is 405 g/mol. The van der Waals surface area contributed by atoms with Crippen LogP contribution in [0.5, 0.6) is 0 Å². The zero-order valence-electron chi connectivity index (χ0n) is 16.7. The Morgan fingerprint density at radius 3 is 2.53 bits per heavy atom. The van der Waals surface area contributed by atoms with Crippen molar-refractivity contribution in [1.82, 2.24) is 25.1 Å². The van der Waals surface area contributed by atoms with Crippen LogP contribution in [0.1, 0.15) is 56.0 Å². The third-order valence-corrected chi connectivity index (χ3v) is 6.53. The highest BCUT2D eigenvalue weighted by atomic mass is 19.1. The summed E-state index contributed by atoms with van der Waals surface area (Å²) in [6, 6.07) is 10.1. The molecule has 0 radical (unpaired) electrons. The summed E-state index contributed by atoms with van der Waals surface area (Å²) in [7, 11) is 0. The Hall–Kier alpha value is -3.09. The van der Waals surface area contributed by atoms with Crippen LogP contribution < -0.4 is 0 Å². The minimum absolute atomic E-state index is 0.112. The molecule has 1 saturated heterocycles. The van der Waals surface area contributed by atoms with E-state index in [-0.39, 0.29) is 17.8 Å². The largest absolute Gasteiger partial charge is 0.332 e. The van der Waals surface area contributed by atoms with E-state index < -0.39 is 5.41 Å². The molecule has 154 valence electrons. The summed E-state index contributed by atoms with van der Waals surface area (Å²) in [5, 5.41) is 7.42. The highest BCUT2D eigenvalue weighted by molar-refractivity contribution is 5.89. The highest BCUT2D eigenvalue weighted by Crippen LogP contribution is 2.45. The van der Waals surface area contributed by atoms with Crippen molar-refractivity contribution in [2.24, 2.45) is 0 Å². The van der Waals surface area contributed by atoms with Crippen LogP contribution >= 0.6 is 0 Å². The molecule has 30 heavy (non-hydrogen) atoms. The first-order chi connectivity index (χ1) is 14.7. The van der Waals surface area contributed by atoms with E-state index in [0.717, 1.165) is 55.5 Å². The van der Waals surface area contributed by atoms with Crippen molar-refractivity contribution in [3.05, 3.63) is 66.0 Å². The normalized spacial score (nSPS) is 20.6. The minimum Gasteiger partial charge on any atom is -0.332 e. The molecule has 7 heteroatoms. The Labute approximate surface area is 174 Å². The molecule has 2 aliphatic rings. The van der Waals surface area contributed by atoms with Crippen LogP contribution in [0.4, 0.5) is 4.39 Å². The summed E-state index contributed by atoms with van der Waals surface area (Å²) < 4.78 is 13.5. The standard InChI is InChI=1S/C23H24FN5O/c24-18-7-5-17(6-8-18)23(11-1-2-12-23)22(30)29-15-3-4-19(29)21-26-20(27-28-21)16-9-13-25-14-10-16/h5-10,13-14,19H,1-4,11-12,15H2,(H,26,27,28). The number of halogens is 1. The van der Waals surface area contributed by atoms with Crippen molar-refractivity contribution >= 4 is 5.91 Å². The summed E-state index contributed by atoms with van der Waals surface area (Å²) in [4.78, 5) is 24.6. The van der Waals surface area contributed by atoms with Gasteiger partial charge in [-0.1, -0.05) is 25.0 Å². The van der Waals surface area contributed by atoms with Crippen LogP contribution in [-0.4, -0.2) is 37.5 Å². The summed E-state index contributed by atoms with van der Waals surface area (Å²) in [5.74, 6) is 1.19. The Bertz CT molecular complexity index is 1030. The lowest BCUT2D eigenvalue weighted by Crippen LogP contribution is -2.45. The average molecular weight is 405 g/mol. The van der Waals surface area contributed by atoms with E-state index in [9.17, 15) is 9.18 Å². The van der Waals surface area contributed by atoms with E-state index in [4.69, 9.17) is 4.98 Å². The number of nitrogens with one attached hydrogen (secondary N) is 1. The number of rotatable bonds is 4. The van der Waals surface area contributed by atoms with Gasteiger partial charge in [-0.25, -0.2) is 9.37 Å². The number of pyridine rings is 1. The van der Waals surface area contributed by atoms with Crippen LogP contribution in [0.3, 0.4) is 0 Å². The number of aromatic amines is 1. The van der Waals surface area contributed by atoms with Gasteiger partial charge in [0.05, 0.1) is 11.5 Å². The maximum absolute atomic E-state index is 13.9. The van der Waals surface area contributed by atoms with E-state index >= 15 is 0 Å². The molecule has 1 amide bonds. The minimum atomic E-state index is -0.565. The Kier molecular flexibility index (Phi) is 4.81.